The number of rotatable bonds is 7. The van der Waals surface area contributed by atoms with E-state index in [1.807, 2.05) is 41.2 Å². The Balaban J connectivity index is 1.63. The quantitative estimate of drug-likeness (QED) is 0.341. The van der Waals surface area contributed by atoms with Crippen LogP contribution in [-0.2, 0) is 6.54 Å². The zero-order valence-corrected chi connectivity index (χ0v) is 18.7. The van der Waals surface area contributed by atoms with Crippen LogP contribution < -0.4 is 5.32 Å². The molecule has 156 valence electrons. The Morgan fingerprint density at radius 2 is 1.81 bits per heavy atom. The third-order valence-corrected chi connectivity index (χ3v) is 5.90. The Morgan fingerprint density at radius 1 is 1.03 bits per heavy atom. The molecule has 0 fully saturated rings. The van der Waals surface area contributed by atoms with E-state index in [2.05, 4.69) is 36.5 Å². The minimum atomic E-state index is -0.171. The van der Waals surface area contributed by atoms with Crippen LogP contribution in [0.1, 0.15) is 22.8 Å². The lowest BCUT2D eigenvalue weighted by molar-refractivity contribution is 0.0951. The molecule has 0 unspecified atom stereocenters. The van der Waals surface area contributed by atoms with Crippen molar-refractivity contribution in [2.45, 2.75) is 18.4 Å². The lowest BCUT2D eigenvalue weighted by atomic mass is 10.1. The summed E-state index contributed by atoms with van der Waals surface area (Å²) in [4.78, 5) is 13.8. The van der Waals surface area contributed by atoms with Crippen molar-refractivity contribution in [3.63, 3.8) is 0 Å². The van der Waals surface area contributed by atoms with Crippen LogP contribution >= 0.6 is 23.4 Å². The maximum Gasteiger partial charge on any atom is 0.251 e. The smallest absolute Gasteiger partial charge is 0.251 e. The summed E-state index contributed by atoms with van der Waals surface area (Å²) in [6, 6.07) is 25.3. The van der Waals surface area contributed by atoms with Crippen LogP contribution in [0.25, 0.3) is 16.9 Å². The van der Waals surface area contributed by atoms with Crippen LogP contribution in [0.15, 0.2) is 90.0 Å². The second-order valence-electron chi connectivity index (χ2n) is 6.93. The summed E-state index contributed by atoms with van der Waals surface area (Å²) in [6.07, 6.45) is 1.97. The number of hydrogen-bond acceptors (Lipinski definition) is 3. The van der Waals surface area contributed by atoms with Crippen molar-refractivity contribution in [3.8, 4) is 16.9 Å². The molecule has 0 aliphatic heterocycles. The molecule has 0 radical (unpaired) electrons. The zero-order valence-electron chi connectivity index (χ0n) is 17.1. The maximum atomic E-state index is 12.6. The number of halogens is 1. The van der Waals surface area contributed by atoms with E-state index < -0.39 is 0 Å². The van der Waals surface area contributed by atoms with E-state index >= 15 is 0 Å². The normalized spacial score (nSPS) is 10.8. The minimum absolute atomic E-state index is 0.171. The molecule has 4 nitrogen and oxygen atoms in total. The topological polar surface area (TPSA) is 46.9 Å². The van der Waals surface area contributed by atoms with Crippen molar-refractivity contribution >= 4 is 29.3 Å². The summed E-state index contributed by atoms with van der Waals surface area (Å²) in [6.45, 7) is 2.50. The fraction of sp³-hybridized carbons (Fsp3) is 0.120. The fourth-order valence-electron chi connectivity index (χ4n) is 3.28. The molecule has 0 saturated heterocycles. The van der Waals surface area contributed by atoms with Gasteiger partial charge in [-0.05, 0) is 48.2 Å². The molecule has 31 heavy (non-hydrogen) atoms. The van der Waals surface area contributed by atoms with Gasteiger partial charge in [0.15, 0.2) is 0 Å². The summed E-state index contributed by atoms with van der Waals surface area (Å²) in [5.74, 6) is 0.860. The van der Waals surface area contributed by atoms with Gasteiger partial charge >= 0.3 is 0 Å². The van der Waals surface area contributed by atoms with Crippen molar-refractivity contribution in [3.05, 3.63) is 101 Å². The summed E-state index contributed by atoms with van der Waals surface area (Å²) >= 11 is 7.83. The molecule has 1 aromatic heterocycles. The molecule has 4 aromatic rings. The first-order valence-electron chi connectivity index (χ1n) is 10.0. The lowest BCUT2D eigenvalue weighted by Crippen LogP contribution is -2.22. The molecule has 0 spiro atoms. The van der Waals surface area contributed by atoms with E-state index in [0.29, 0.717) is 17.1 Å². The second-order valence-corrected chi connectivity index (χ2v) is 8.71. The van der Waals surface area contributed by atoms with Crippen LogP contribution in [-0.4, -0.2) is 21.4 Å². The van der Waals surface area contributed by atoms with Gasteiger partial charge in [0, 0.05) is 39.4 Å². The van der Waals surface area contributed by atoms with E-state index in [0.717, 1.165) is 28.3 Å². The first-order valence-corrected chi connectivity index (χ1v) is 11.4. The van der Waals surface area contributed by atoms with Crippen molar-refractivity contribution in [1.29, 1.82) is 0 Å². The van der Waals surface area contributed by atoms with Gasteiger partial charge in [-0.3, -0.25) is 4.79 Å². The van der Waals surface area contributed by atoms with E-state index in [9.17, 15) is 4.79 Å². The third-order valence-electron chi connectivity index (χ3n) is 4.78. The van der Waals surface area contributed by atoms with Gasteiger partial charge in [0.05, 0.1) is 11.4 Å². The highest BCUT2D eigenvalue weighted by Crippen LogP contribution is 2.27. The van der Waals surface area contributed by atoms with Gasteiger partial charge < -0.3 is 5.32 Å². The van der Waals surface area contributed by atoms with Crippen LogP contribution in [0.4, 0.5) is 0 Å². The lowest BCUT2D eigenvalue weighted by Gasteiger charge is -2.07. The maximum absolute atomic E-state index is 12.6. The third kappa shape index (κ3) is 5.19. The second kappa shape index (κ2) is 9.86. The molecule has 0 saturated carbocycles. The molecule has 1 N–H and O–H groups in total. The number of amides is 1. The molecule has 0 atom stereocenters. The van der Waals surface area contributed by atoms with Gasteiger partial charge in [0.1, 0.15) is 0 Å². The molecule has 6 heteroatoms. The number of benzene rings is 3. The predicted octanol–water partition coefficient (Wildman–Crippen LogP) is 6.23. The summed E-state index contributed by atoms with van der Waals surface area (Å²) in [5.41, 5.74) is 4.31. The van der Waals surface area contributed by atoms with Crippen LogP contribution in [0.2, 0.25) is 5.02 Å². The summed E-state index contributed by atoms with van der Waals surface area (Å²) < 4.78 is 1.85. The van der Waals surface area contributed by atoms with Gasteiger partial charge in [-0.25, -0.2) is 4.68 Å². The summed E-state index contributed by atoms with van der Waals surface area (Å²) in [7, 11) is 0. The van der Waals surface area contributed by atoms with Crippen LogP contribution in [0.5, 0.6) is 0 Å². The zero-order chi connectivity index (χ0) is 21.6. The number of nitrogens with one attached hydrogen (secondary N) is 1. The molecule has 0 aliphatic rings. The van der Waals surface area contributed by atoms with Crippen molar-refractivity contribution in [2.24, 2.45) is 0 Å². The highest BCUT2D eigenvalue weighted by molar-refractivity contribution is 7.99. The number of aromatic nitrogens is 2. The first kappa shape index (κ1) is 21.2. The molecular formula is C25H22ClN3OS. The molecule has 1 amide bonds. The molecule has 0 aliphatic carbocycles. The average molecular weight is 448 g/mol. The van der Waals surface area contributed by atoms with Crippen LogP contribution in [0, 0.1) is 0 Å². The number of thioether (sulfide) groups is 1. The highest BCUT2D eigenvalue weighted by Gasteiger charge is 2.14. The minimum Gasteiger partial charge on any atom is -0.348 e. The standard InChI is InChI=1S/C25H22ClN3OS/c1-2-31-23-13-11-18(12-14-23)24-20(17-29(28-24)22-9-4-3-5-10-22)16-27-25(30)19-7-6-8-21(26)15-19/h3-15,17H,2,16H2,1H3,(H,27,30). The Labute approximate surface area is 191 Å². The number of hydrogen-bond donors (Lipinski definition) is 1. The largest absolute Gasteiger partial charge is 0.348 e. The van der Waals surface area contributed by atoms with Gasteiger partial charge in [0.25, 0.3) is 5.91 Å². The van der Waals surface area contributed by atoms with Crippen molar-refractivity contribution < 1.29 is 4.79 Å². The van der Waals surface area contributed by atoms with E-state index in [-0.39, 0.29) is 5.91 Å². The molecular weight excluding hydrogens is 426 g/mol. The highest BCUT2D eigenvalue weighted by atomic mass is 35.5. The molecule has 4 rings (SSSR count). The van der Waals surface area contributed by atoms with Gasteiger partial charge in [-0.15, -0.1) is 11.8 Å². The average Bonchev–Trinajstić information content (AvgIpc) is 3.23. The fourth-order valence-corrected chi connectivity index (χ4v) is 4.13. The Hall–Kier alpha value is -3.02. The molecule has 3 aromatic carbocycles. The number of para-hydroxylation sites is 1. The van der Waals surface area contributed by atoms with Gasteiger partial charge in [-0.1, -0.05) is 54.9 Å². The van der Waals surface area contributed by atoms with E-state index in [1.165, 1.54) is 4.90 Å². The van der Waals surface area contributed by atoms with Crippen molar-refractivity contribution in [1.82, 2.24) is 15.1 Å². The predicted molar refractivity (Wildman–Crippen MR) is 128 cm³/mol. The summed E-state index contributed by atoms with van der Waals surface area (Å²) in [5, 5.41) is 8.36. The first-order chi connectivity index (χ1) is 15.1. The van der Waals surface area contributed by atoms with Gasteiger partial charge in [-0.2, -0.15) is 5.10 Å². The monoisotopic (exact) mass is 447 g/mol. The Morgan fingerprint density at radius 3 is 2.52 bits per heavy atom. The Kier molecular flexibility index (Phi) is 6.75. The number of nitrogens with zero attached hydrogens (tertiary/aromatic N) is 2. The number of carbonyl (C=O) groups is 1. The van der Waals surface area contributed by atoms with E-state index in [4.69, 9.17) is 16.7 Å². The number of carbonyl (C=O) groups excluding carboxylic acids is 1. The molecule has 0 bridgehead atoms. The van der Waals surface area contributed by atoms with E-state index in [1.54, 1.807) is 36.0 Å². The van der Waals surface area contributed by atoms with Crippen molar-refractivity contribution in [2.75, 3.05) is 5.75 Å². The molecule has 1 heterocycles. The van der Waals surface area contributed by atoms with Crippen LogP contribution in [0.3, 0.4) is 0 Å². The van der Waals surface area contributed by atoms with Gasteiger partial charge in [0.2, 0.25) is 0 Å². The Bertz CT molecular complexity index is 1170. The SMILES string of the molecule is CCSc1ccc(-c2nn(-c3ccccc3)cc2CNC(=O)c2cccc(Cl)c2)cc1.